The monoisotopic (exact) mass is 246 g/mol. The molecule has 2 N–H and O–H groups in total. The molecule has 0 aromatic heterocycles. The molecule has 98 valence electrons. The molecule has 1 aromatic rings. The Balaban J connectivity index is 2.10. The van der Waals surface area contributed by atoms with E-state index in [1.807, 2.05) is 19.1 Å². The fourth-order valence-corrected chi connectivity index (χ4v) is 2.30. The van der Waals surface area contributed by atoms with Gasteiger partial charge in [-0.15, -0.1) is 0 Å². The lowest BCUT2D eigenvalue weighted by atomic mass is 10.1. The number of carbonyl (C=O) groups excluding carboxylic acids is 1. The summed E-state index contributed by atoms with van der Waals surface area (Å²) in [5.74, 6) is 0.810. The summed E-state index contributed by atoms with van der Waals surface area (Å²) in [7, 11) is 0. The van der Waals surface area contributed by atoms with E-state index in [0.29, 0.717) is 6.04 Å². The van der Waals surface area contributed by atoms with Gasteiger partial charge in [-0.1, -0.05) is 13.0 Å². The van der Waals surface area contributed by atoms with Crippen LogP contribution in [-0.4, -0.2) is 11.9 Å². The number of rotatable bonds is 5. The summed E-state index contributed by atoms with van der Waals surface area (Å²) >= 11 is 0. The molecule has 2 rings (SSSR count). The van der Waals surface area contributed by atoms with Crippen LogP contribution >= 0.6 is 0 Å². The Morgan fingerprint density at radius 3 is 2.72 bits per heavy atom. The van der Waals surface area contributed by atoms with E-state index >= 15 is 0 Å². The highest BCUT2D eigenvalue weighted by Gasteiger charge is 2.29. The van der Waals surface area contributed by atoms with Crippen LogP contribution in [0.3, 0.4) is 0 Å². The molecule has 1 fully saturated rings. The first kappa shape index (κ1) is 12.9. The summed E-state index contributed by atoms with van der Waals surface area (Å²) in [6.45, 7) is 5.77. The Morgan fingerprint density at radius 2 is 2.17 bits per heavy atom. The number of benzene rings is 1. The third kappa shape index (κ3) is 3.25. The highest BCUT2D eigenvalue weighted by atomic mass is 16.1. The summed E-state index contributed by atoms with van der Waals surface area (Å²) < 4.78 is 0. The van der Waals surface area contributed by atoms with Gasteiger partial charge in [0.2, 0.25) is 5.91 Å². The lowest BCUT2D eigenvalue weighted by Gasteiger charge is -2.19. The van der Waals surface area contributed by atoms with Gasteiger partial charge in [0.25, 0.3) is 0 Å². The molecular weight excluding hydrogens is 224 g/mol. The molecule has 0 radical (unpaired) electrons. The summed E-state index contributed by atoms with van der Waals surface area (Å²) in [5.41, 5.74) is 3.09. The minimum Gasteiger partial charge on any atom is -0.382 e. The second-order valence-corrected chi connectivity index (χ2v) is 5.21. The van der Waals surface area contributed by atoms with Crippen LogP contribution in [0.25, 0.3) is 0 Å². The van der Waals surface area contributed by atoms with Crippen LogP contribution in [-0.2, 0) is 4.79 Å². The zero-order valence-corrected chi connectivity index (χ0v) is 11.4. The van der Waals surface area contributed by atoms with Crippen LogP contribution in [0.2, 0.25) is 0 Å². The minimum atomic E-state index is -0.0236. The average Bonchev–Trinajstić information content (AvgIpc) is 3.13. The number of anilines is 2. The first-order chi connectivity index (χ1) is 8.60. The standard InChI is InChI=1S/C15H22N2O/c1-4-14(12-6-7-12)17-13-8-5-10(2)15(9-13)16-11(3)18/h5,8-9,12,14,17H,4,6-7H2,1-3H3,(H,16,18). The van der Waals surface area contributed by atoms with Crippen LogP contribution in [0.5, 0.6) is 0 Å². The van der Waals surface area contributed by atoms with Gasteiger partial charge >= 0.3 is 0 Å². The molecule has 3 heteroatoms. The Labute approximate surface area is 109 Å². The van der Waals surface area contributed by atoms with E-state index in [1.54, 1.807) is 6.92 Å². The van der Waals surface area contributed by atoms with E-state index in [0.717, 1.165) is 29.3 Å². The molecule has 1 aromatic carbocycles. The second-order valence-electron chi connectivity index (χ2n) is 5.21. The van der Waals surface area contributed by atoms with Crippen molar-refractivity contribution in [1.82, 2.24) is 0 Å². The number of hydrogen-bond donors (Lipinski definition) is 2. The fraction of sp³-hybridized carbons (Fsp3) is 0.533. The average molecular weight is 246 g/mol. The zero-order chi connectivity index (χ0) is 13.1. The van der Waals surface area contributed by atoms with Crippen LogP contribution in [0.15, 0.2) is 18.2 Å². The Bertz CT molecular complexity index is 438. The van der Waals surface area contributed by atoms with Crippen LogP contribution in [0.1, 0.15) is 38.7 Å². The molecule has 18 heavy (non-hydrogen) atoms. The smallest absolute Gasteiger partial charge is 0.221 e. The predicted octanol–water partition coefficient (Wildman–Crippen LogP) is 3.55. The Kier molecular flexibility index (Phi) is 3.90. The first-order valence-electron chi connectivity index (χ1n) is 6.75. The van der Waals surface area contributed by atoms with E-state index < -0.39 is 0 Å². The van der Waals surface area contributed by atoms with Gasteiger partial charge in [0, 0.05) is 24.3 Å². The van der Waals surface area contributed by atoms with Gasteiger partial charge in [-0.3, -0.25) is 4.79 Å². The molecule has 1 unspecified atom stereocenters. The van der Waals surface area contributed by atoms with E-state index in [-0.39, 0.29) is 5.91 Å². The number of hydrogen-bond acceptors (Lipinski definition) is 2. The van der Waals surface area contributed by atoms with Crippen molar-refractivity contribution in [3.8, 4) is 0 Å². The molecule has 1 aliphatic carbocycles. The largest absolute Gasteiger partial charge is 0.382 e. The molecule has 0 saturated heterocycles. The third-order valence-corrected chi connectivity index (χ3v) is 3.53. The van der Waals surface area contributed by atoms with E-state index in [1.165, 1.54) is 12.8 Å². The normalized spacial score (nSPS) is 16.2. The van der Waals surface area contributed by atoms with E-state index in [4.69, 9.17) is 0 Å². The van der Waals surface area contributed by atoms with Gasteiger partial charge in [0.1, 0.15) is 0 Å². The lowest BCUT2D eigenvalue weighted by molar-refractivity contribution is -0.114. The number of aryl methyl sites for hydroxylation is 1. The number of amides is 1. The van der Waals surface area contributed by atoms with Gasteiger partial charge in [0.15, 0.2) is 0 Å². The van der Waals surface area contributed by atoms with Crippen molar-refractivity contribution >= 4 is 17.3 Å². The lowest BCUT2D eigenvalue weighted by Crippen LogP contribution is -2.20. The van der Waals surface area contributed by atoms with Crippen LogP contribution < -0.4 is 10.6 Å². The van der Waals surface area contributed by atoms with Crippen molar-refractivity contribution in [2.75, 3.05) is 10.6 Å². The zero-order valence-electron chi connectivity index (χ0n) is 11.4. The molecule has 1 aliphatic rings. The van der Waals surface area contributed by atoms with Gasteiger partial charge in [-0.2, -0.15) is 0 Å². The van der Waals surface area contributed by atoms with Crippen LogP contribution in [0.4, 0.5) is 11.4 Å². The van der Waals surface area contributed by atoms with Crippen molar-refractivity contribution in [2.24, 2.45) is 5.92 Å². The van der Waals surface area contributed by atoms with Crippen molar-refractivity contribution in [3.63, 3.8) is 0 Å². The third-order valence-electron chi connectivity index (χ3n) is 3.53. The van der Waals surface area contributed by atoms with Gasteiger partial charge in [-0.25, -0.2) is 0 Å². The van der Waals surface area contributed by atoms with Crippen molar-refractivity contribution in [3.05, 3.63) is 23.8 Å². The second kappa shape index (κ2) is 5.42. The highest BCUT2D eigenvalue weighted by molar-refractivity contribution is 5.90. The maximum Gasteiger partial charge on any atom is 0.221 e. The molecule has 3 nitrogen and oxygen atoms in total. The minimum absolute atomic E-state index is 0.0236. The summed E-state index contributed by atoms with van der Waals surface area (Å²) in [5, 5.41) is 6.45. The van der Waals surface area contributed by atoms with Gasteiger partial charge in [0.05, 0.1) is 0 Å². The van der Waals surface area contributed by atoms with Crippen molar-refractivity contribution in [2.45, 2.75) is 46.1 Å². The van der Waals surface area contributed by atoms with E-state index in [9.17, 15) is 4.79 Å². The van der Waals surface area contributed by atoms with Crippen molar-refractivity contribution < 1.29 is 4.79 Å². The SMILES string of the molecule is CCC(Nc1ccc(C)c(NC(C)=O)c1)C1CC1. The molecule has 0 spiro atoms. The summed E-state index contributed by atoms with van der Waals surface area (Å²) in [6.07, 6.45) is 3.83. The molecule has 1 amide bonds. The van der Waals surface area contributed by atoms with E-state index in [2.05, 4.69) is 23.6 Å². The molecule has 0 heterocycles. The van der Waals surface area contributed by atoms with Crippen LogP contribution in [0, 0.1) is 12.8 Å². The molecule has 0 aliphatic heterocycles. The molecule has 0 bridgehead atoms. The molecular formula is C15H22N2O. The Hall–Kier alpha value is -1.51. The van der Waals surface area contributed by atoms with Gasteiger partial charge in [-0.05, 0) is 49.8 Å². The maximum atomic E-state index is 11.1. The summed E-state index contributed by atoms with van der Waals surface area (Å²) in [6, 6.07) is 6.73. The highest BCUT2D eigenvalue weighted by Crippen LogP contribution is 2.36. The molecule has 1 atom stereocenters. The maximum absolute atomic E-state index is 11.1. The fourth-order valence-electron chi connectivity index (χ4n) is 2.30. The first-order valence-corrected chi connectivity index (χ1v) is 6.75. The van der Waals surface area contributed by atoms with Crippen molar-refractivity contribution in [1.29, 1.82) is 0 Å². The van der Waals surface area contributed by atoms with Gasteiger partial charge < -0.3 is 10.6 Å². The topological polar surface area (TPSA) is 41.1 Å². The predicted molar refractivity (Wildman–Crippen MR) is 75.9 cm³/mol. The Morgan fingerprint density at radius 1 is 1.44 bits per heavy atom. The quantitative estimate of drug-likeness (QED) is 0.834. The number of nitrogens with one attached hydrogen (secondary N) is 2. The number of carbonyl (C=O) groups is 1. The summed E-state index contributed by atoms with van der Waals surface area (Å²) in [4.78, 5) is 11.1. The molecule has 1 saturated carbocycles.